The van der Waals surface area contributed by atoms with E-state index < -0.39 is 0 Å². The monoisotopic (exact) mass is 304 g/mol. The molecular formula is C9H6BrClN2OS. The molecule has 0 fully saturated rings. The van der Waals surface area contributed by atoms with E-state index in [4.69, 9.17) is 16.3 Å². The van der Waals surface area contributed by atoms with Gasteiger partial charge in [0.25, 0.3) is 0 Å². The Hall–Kier alpha value is -0.650. The molecule has 1 aromatic carbocycles. The first-order valence-corrected chi connectivity index (χ1v) is 6.09. The Morgan fingerprint density at radius 1 is 1.27 bits per heavy atom. The molecule has 15 heavy (non-hydrogen) atoms. The van der Waals surface area contributed by atoms with Crippen LogP contribution in [-0.2, 0) is 6.61 Å². The molecule has 78 valence electrons. The zero-order valence-electron chi connectivity index (χ0n) is 7.48. The van der Waals surface area contributed by atoms with Gasteiger partial charge in [-0.25, -0.2) is 0 Å². The van der Waals surface area contributed by atoms with Crippen LogP contribution in [-0.4, -0.2) is 10.2 Å². The minimum Gasteiger partial charge on any atom is -0.486 e. The summed E-state index contributed by atoms with van der Waals surface area (Å²) in [6, 6.07) is 7.60. The highest BCUT2D eigenvalue weighted by molar-refractivity contribution is 9.10. The molecule has 6 heteroatoms. The fourth-order valence-electron chi connectivity index (χ4n) is 0.967. The average Bonchev–Trinajstić information content (AvgIpc) is 2.64. The van der Waals surface area contributed by atoms with Crippen molar-refractivity contribution in [3.8, 4) is 5.75 Å². The van der Waals surface area contributed by atoms with E-state index in [1.165, 1.54) is 11.3 Å². The van der Waals surface area contributed by atoms with Crippen LogP contribution >= 0.6 is 38.9 Å². The van der Waals surface area contributed by atoms with E-state index in [0.717, 1.165) is 15.2 Å². The second-order valence-corrected chi connectivity index (χ2v) is 5.25. The summed E-state index contributed by atoms with van der Waals surface area (Å²) in [7, 11) is 0. The van der Waals surface area contributed by atoms with Crippen molar-refractivity contribution in [3.05, 3.63) is 38.2 Å². The topological polar surface area (TPSA) is 35.0 Å². The minimum absolute atomic E-state index is 0.395. The van der Waals surface area contributed by atoms with Crippen molar-refractivity contribution in [1.29, 1.82) is 0 Å². The molecule has 0 spiro atoms. The Bertz CT molecular complexity index is 446. The molecular weight excluding hydrogens is 300 g/mol. The summed E-state index contributed by atoms with van der Waals surface area (Å²) in [4.78, 5) is 0. The number of nitrogens with zero attached hydrogens (tertiary/aromatic N) is 2. The normalized spacial score (nSPS) is 10.3. The van der Waals surface area contributed by atoms with Crippen LogP contribution < -0.4 is 4.74 Å². The van der Waals surface area contributed by atoms with Crippen molar-refractivity contribution in [3.63, 3.8) is 0 Å². The van der Waals surface area contributed by atoms with Crippen LogP contribution in [0.1, 0.15) is 5.01 Å². The molecule has 1 aromatic heterocycles. The van der Waals surface area contributed by atoms with Gasteiger partial charge in [-0.15, -0.1) is 10.2 Å². The number of halogens is 2. The van der Waals surface area contributed by atoms with Gasteiger partial charge in [0.15, 0.2) is 5.01 Å². The molecule has 0 radical (unpaired) electrons. The summed E-state index contributed by atoms with van der Waals surface area (Å²) in [6.45, 7) is 0.395. The number of hydrogen-bond donors (Lipinski definition) is 0. The molecule has 0 N–H and O–H groups in total. The van der Waals surface area contributed by atoms with E-state index in [-0.39, 0.29) is 0 Å². The number of benzene rings is 1. The lowest BCUT2D eigenvalue weighted by Gasteiger charge is -2.02. The zero-order chi connectivity index (χ0) is 10.7. The Kier molecular flexibility index (Phi) is 3.56. The Morgan fingerprint density at radius 2 is 2.00 bits per heavy atom. The van der Waals surface area contributed by atoms with Gasteiger partial charge < -0.3 is 4.74 Å². The fraction of sp³-hybridized carbons (Fsp3) is 0.111. The van der Waals surface area contributed by atoms with E-state index in [0.29, 0.717) is 11.1 Å². The molecule has 0 aliphatic heterocycles. The number of ether oxygens (including phenoxy) is 1. The third-order valence-corrected chi connectivity index (χ3v) is 3.14. The molecule has 0 aliphatic rings. The van der Waals surface area contributed by atoms with Crippen LogP contribution in [0.3, 0.4) is 0 Å². The van der Waals surface area contributed by atoms with E-state index in [9.17, 15) is 0 Å². The minimum atomic E-state index is 0.395. The van der Waals surface area contributed by atoms with Gasteiger partial charge in [-0.3, -0.25) is 0 Å². The SMILES string of the molecule is Clc1nnc(COc2ccc(Br)cc2)s1. The molecule has 1 heterocycles. The van der Waals surface area contributed by atoms with Gasteiger partial charge in [0.1, 0.15) is 12.4 Å². The summed E-state index contributed by atoms with van der Waals surface area (Å²) in [5.41, 5.74) is 0. The molecule has 0 atom stereocenters. The number of rotatable bonds is 3. The van der Waals surface area contributed by atoms with Gasteiger partial charge in [-0.2, -0.15) is 0 Å². The molecule has 0 bridgehead atoms. The number of aromatic nitrogens is 2. The summed E-state index contributed by atoms with van der Waals surface area (Å²) < 4.78 is 6.95. The lowest BCUT2D eigenvalue weighted by Crippen LogP contribution is -1.94. The molecule has 3 nitrogen and oxygen atoms in total. The second-order valence-electron chi connectivity index (χ2n) is 2.69. The summed E-state index contributed by atoms with van der Waals surface area (Å²) in [5.74, 6) is 0.796. The van der Waals surface area contributed by atoms with Crippen LogP contribution in [0.25, 0.3) is 0 Å². The van der Waals surface area contributed by atoms with Crippen LogP contribution in [0, 0.1) is 0 Å². The second kappa shape index (κ2) is 4.92. The Morgan fingerprint density at radius 3 is 2.60 bits per heavy atom. The van der Waals surface area contributed by atoms with Gasteiger partial charge in [0, 0.05) is 4.47 Å². The highest BCUT2D eigenvalue weighted by Crippen LogP contribution is 2.19. The van der Waals surface area contributed by atoms with Crippen molar-refractivity contribution >= 4 is 38.9 Å². The first-order chi connectivity index (χ1) is 7.24. The van der Waals surface area contributed by atoms with Crippen LogP contribution in [0.2, 0.25) is 4.47 Å². The van der Waals surface area contributed by atoms with Gasteiger partial charge in [0.2, 0.25) is 4.47 Å². The standard InChI is InChI=1S/C9H6BrClN2OS/c10-6-1-3-7(4-2-6)14-5-8-12-13-9(11)15-8/h1-4H,5H2. The van der Waals surface area contributed by atoms with Gasteiger partial charge >= 0.3 is 0 Å². The summed E-state index contributed by atoms with van der Waals surface area (Å²) in [5, 5.41) is 8.31. The largest absolute Gasteiger partial charge is 0.486 e. The van der Waals surface area contributed by atoms with Gasteiger partial charge in [0.05, 0.1) is 0 Å². The summed E-state index contributed by atoms with van der Waals surface area (Å²) in [6.07, 6.45) is 0. The van der Waals surface area contributed by atoms with E-state index >= 15 is 0 Å². The smallest absolute Gasteiger partial charge is 0.207 e. The molecule has 2 rings (SSSR count). The molecule has 0 aliphatic carbocycles. The molecule has 0 amide bonds. The van der Waals surface area contributed by atoms with Gasteiger partial charge in [-0.05, 0) is 35.9 Å². The third kappa shape index (κ3) is 3.15. The third-order valence-electron chi connectivity index (χ3n) is 1.62. The lowest BCUT2D eigenvalue weighted by molar-refractivity contribution is 0.304. The van der Waals surface area contributed by atoms with Crippen molar-refractivity contribution in [2.24, 2.45) is 0 Å². The molecule has 0 saturated carbocycles. The van der Waals surface area contributed by atoms with Gasteiger partial charge in [-0.1, -0.05) is 27.3 Å². The fourth-order valence-corrected chi connectivity index (χ4v) is 2.01. The van der Waals surface area contributed by atoms with Crippen molar-refractivity contribution in [2.75, 3.05) is 0 Å². The lowest BCUT2D eigenvalue weighted by atomic mass is 10.3. The highest BCUT2D eigenvalue weighted by atomic mass is 79.9. The average molecular weight is 306 g/mol. The molecule has 0 unspecified atom stereocenters. The predicted octanol–water partition coefficient (Wildman–Crippen LogP) is 3.53. The first-order valence-electron chi connectivity index (χ1n) is 4.10. The van der Waals surface area contributed by atoms with Crippen LogP contribution in [0.4, 0.5) is 0 Å². The quantitative estimate of drug-likeness (QED) is 0.870. The van der Waals surface area contributed by atoms with Crippen LogP contribution in [0.15, 0.2) is 28.7 Å². The van der Waals surface area contributed by atoms with Crippen molar-refractivity contribution < 1.29 is 4.74 Å². The number of hydrogen-bond acceptors (Lipinski definition) is 4. The first kappa shape index (κ1) is 10.9. The van der Waals surface area contributed by atoms with Crippen molar-refractivity contribution in [1.82, 2.24) is 10.2 Å². The van der Waals surface area contributed by atoms with Crippen LogP contribution in [0.5, 0.6) is 5.75 Å². The molecule has 0 saturated heterocycles. The molecule has 2 aromatic rings. The van der Waals surface area contributed by atoms with E-state index in [1.54, 1.807) is 0 Å². The van der Waals surface area contributed by atoms with Crippen molar-refractivity contribution in [2.45, 2.75) is 6.61 Å². The maximum atomic E-state index is 5.65. The van der Waals surface area contributed by atoms with E-state index in [1.807, 2.05) is 24.3 Å². The zero-order valence-corrected chi connectivity index (χ0v) is 10.6. The Balaban J connectivity index is 1.96. The Labute approximate surface area is 104 Å². The highest BCUT2D eigenvalue weighted by Gasteiger charge is 2.02. The maximum absolute atomic E-state index is 5.65. The maximum Gasteiger partial charge on any atom is 0.207 e. The van der Waals surface area contributed by atoms with E-state index in [2.05, 4.69) is 26.1 Å². The predicted molar refractivity (Wildman–Crippen MR) is 63.4 cm³/mol. The summed E-state index contributed by atoms with van der Waals surface area (Å²) >= 11 is 10.3.